The maximum atomic E-state index is 14.3. The predicted molar refractivity (Wildman–Crippen MR) is 89.8 cm³/mol. The van der Waals surface area contributed by atoms with E-state index in [-0.39, 0.29) is 24.9 Å². The molecule has 1 N–H and O–H groups in total. The van der Waals surface area contributed by atoms with Crippen molar-refractivity contribution in [1.29, 1.82) is 0 Å². The summed E-state index contributed by atoms with van der Waals surface area (Å²) in [7, 11) is 0. The Kier molecular flexibility index (Phi) is 4.50. The molecule has 0 saturated carbocycles. The summed E-state index contributed by atoms with van der Waals surface area (Å²) in [6.45, 7) is 1.40. The zero-order chi connectivity index (χ0) is 18.3. The lowest BCUT2D eigenvalue weighted by molar-refractivity contribution is -0.151. The van der Waals surface area contributed by atoms with Crippen molar-refractivity contribution < 1.29 is 23.0 Å². The van der Waals surface area contributed by atoms with Crippen LogP contribution in [0.4, 0.5) is 13.2 Å². The molecule has 3 nitrogen and oxygen atoms in total. The number of benzene rings is 2. The second-order valence-corrected chi connectivity index (χ2v) is 7.16. The molecule has 0 amide bonds. The highest BCUT2D eigenvalue weighted by Crippen LogP contribution is 2.43. The van der Waals surface area contributed by atoms with Crippen molar-refractivity contribution in [2.45, 2.75) is 37.1 Å². The number of aliphatic hydroxyl groups is 1. The summed E-state index contributed by atoms with van der Waals surface area (Å²) in [5.74, 6) is -3.37. The number of hydrogen-bond donors (Lipinski definition) is 1. The van der Waals surface area contributed by atoms with Crippen LogP contribution < -0.4 is 0 Å². The monoisotopic (exact) mass is 363 g/mol. The van der Waals surface area contributed by atoms with Crippen molar-refractivity contribution in [2.24, 2.45) is 0 Å². The number of halogens is 3. The molecule has 0 aromatic heterocycles. The van der Waals surface area contributed by atoms with Gasteiger partial charge in [-0.1, -0.05) is 30.3 Å². The lowest BCUT2D eigenvalue weighted by Crippen LogP contribution is -2.60. The summed E-state index contributed by atoms with van der Waals surface area (Å²) in [5, 5.41) is 11.1. The Morgan fingerprint density at radius 1 is 0.962 bits per heavy atom. The van der Waals surface area contributed by atoms with Crippen LogP contribution in [-0.4, -0.2) is 35.3 Å². The number of piperidine rings is 1. The average Bonchev–Trinajstić information content (AvgIpc) is 2.60. The molecule has 2 unspecified atom stereocenters. The Morgan fingerprint density at radius 2 is 1.58 bits per heavy atom. The third-order valence-corrected chi connectivity index (χ3v) is 5.42. The van der Waals surface area contributed by atoms with Crippen molar-refractivity contribution in [1.82, 2.24) is 4.90 Å². The molecular formula is C20H20F3NO2. The van der Waals surface area contributed by atoms with Gasteiger partial charge in [0.15, 0.2) is 11.6 Å². The first-order valence-corrected chi connectivity index (χ1v) is 8.72. The summed E-state index contributed by atoms with van der Waals surface area (Å²) >= 11 is 0. The highest BCUT2D eigenvalue weighted by Gasteiger charge is 2.49. The molecule has 2 bridgehead atoms. The van der Waals surface area contributed by atoms with Crippen molar-refractivity contribution >= 4 is 0 Å². The molecule has 26 heavy (non-hydrogen) atoms. The molecule has 4 rings (SSSR count). The van der Waals surface area contributed by atoms with Gasteiger partial charge in [-0.3, -0.25) is 4.90 Å². The molecule has 2 aromatic rings. The second kappa shape index (κ2) is 6.68. The largest absolute Gasteiger partial charge is 0.385 e. The SMILES string of the molecule is OC1(c2c(F)ccc(F)c2F)CC2COCC(C1)N2Cc1ccccc1. The minimum atomic E-state index is -1.75. The Bertz CT molecular complexity index is 785. The van der Waals surface area contributed by atoms with Crippen LogP contribution in [0.25, 0.3) is 0 Å². The van der Waals surface area contributed by atoms with Gasteiger partial charge in [-0.25, -0.2) is 13.2 Å². The van der Waals surface area contributed by atoms with Gasteiger partial charge in [-0.2, -0.15) is 0 Å². The van der Waals surface area contributed by atoms with Gasteiger partial charge in [0.2, 0.25) is 0 Å². The topological polar surface area (TPSA) is 32.7 Å². The summed E-state index contributed by atoms with van der Waals surface area (Å²) < 4.78 is 47.8. The quantitative estimate of drug-likeness (QED) is 0.849. The Balaban J connectivity index is 1.65. The van der Waals surface area contributed by atoms with E-state index in [0.717, 1.165) is 17.7 Å². The van der Waals surface area contributed by atoms with Crippen LogP contribution in [0.1, 0.15) is 24.0 Å². The summed E-state index contributed by atoms with van der Waals surface area (Å²) in [6, 6.07) is 11.1. The Hall–Kier alpha value is -1.89. The highest BCUT2D eigenvalue weighted by molar-refractivity contribution is 5.29. The Labute approximate surface area is 150 Å². The number of nitrogens with zero attached hydrogens (tertiary/aromatic N) is 1. The van der Waals surface area contributed by atoms with Crippen molar-refractivity contribution in [3.8, 4) is 0 Å². The fraction of sp³-hybridized carbons (Fsp3) is 0.400. The zero-order valence-electron chi connectivity index (χ0n) is 14.2. The van der Waals surface area contributed by atoms with Crippen LogP contribution in [0.2, 0.25) is 0 Å². The number of rotatable bonds is 3. The maximum absolute atomic E-state index is 14.3. The lowest BCUT2D eigenvalue weighted by Gasteiger charge is -2.51. The summed E-state index contributed by atoms with van der Waals surface area (Å²) in [6.07, 6.45) is 0.182. The average molecular weight is 363 g/mol. The second-order valence-electron chi connectivity index (χ2n) is 7.16. The van der Waals surface area contributed by atoms with Crippen LogP contribution in [0.5, 0.6) is 0 Å². The molecule has 0 aliphatic carbocycles. The first-order valence-electron chi connectivity index (χ1n) is 8.72. The van der Waals surface area contributed by atoms with E-state index in [4.69, 9.17) is 4.74 Å². The fourth-order valence-corrected chi connectivity index (χ4v) is 4.26. The van der Waals surface area contributed by atoms with Crippen LogP contribution >= 0.6 is 0 Å². The van der Waals surface area contributed by atoms with Crippen molar-refractivity contribution in [2.75, 3.05) is 13.2 Å². The van der Waals surface area contributed by atoms with Gasteiger partial charge in [-0.05, 0) is 30.5 Å². The highest BCUT2D eigenvalue weighted by atomic mass is 19.2. The molecule has 2 fully saturated rings. The normalized spacial score (nSPS) is 28.9. The van der Waals surface area contributed by atoms with E-state index in [1.54, 1.807) is 0 Å². The fourth-order valence-electron chi connectivity index (χ4n) is 4.26. The van der Waals surface area contributed by atoms with Crippen LogP contribution in [0.3, 0.4) is 0 Å². The Morgan fingerprint density at radius 3 is 2.23 bits per heavy atom. The van der Waals surface area contributed by atoms with Crippen LogP contribution in [0.15, 0.2) is 42.5 Å². The van der Waals surface area contributed by atoms with Gasteiger partial charge in [0, 0.05) is 18.6 Å². The molecule has 2 aliphatic heterocycles. The molecule has 2 aliphatic rings. The molecule has 6 heteroatoms. The van der Waals surface area contributed by atoms with E-state index >= 15 is 0 Å². The molecular weight excluding hydrogens is 343 g/mol. The van der Waals surface area contributed by atoms with Gasteiger partial charge in [0.1, 0.15) is 5.82 Å². The molecule has 2 aromatic carbocycles. The summed E-state index contributed by atoms with van der Waals surface area (Å²) in [5.41, 5.74) is -1.19. The van der Waals surface area contributed by atoms with E-state index in [1.165, 1.54) is 0 Å². The van der Waals surface area contributed by atoms with Crippen LogP contribution in [0, 0.1) is 17.5 Å². The molecule has 0 spiro atoms. The van der Waals surface area contributed by atoms with Gasteiger partial charge >= 0.3 is 0 Å². The van der Waals surface area contributed by atoms with E-state index in [2.05, 4.69) is 4.90 Å². The van der Waals surface area contributed by atoms with E-state index in [0.29, 0.717) is 19.8 Å². The van der Waals surface area contributed by atoms with Gasteiger partial charge in [0.25, 0.3) is 0 Å². The van der Waals surface area contributed by atoms with Crippen molar-refractivity contribution in [3.63, 3.8) is 0 Å². The molecule has 0 radical (unpaired) electrons. The van der Waals surface area contributed by atoms with E-state index in [1.807, 2.05) is 30.3 Å². The standard InChI is InChI=1S/C20H20F3NO2/c21-16-6-7-17(22)19(23)18(16)20(25)8-14-11-26-12-15(9-20)24(14)10-13-4-2-1-3-5-13/h1-7,14-15,25H,8-12H2. The number of morpholine rings is 1. The van der Waals surface area contributed by atoms with Gasteiger partial charge in [0.05, 0.1) is 24.4 Å². The van der Waals surface area contributed by atoms with E-state index in [9.17, 15) is 18.3 Å². The molecule has 138 valence electrons. The zero-order valence-corrected chi connectivity index (χ0v) is 14.2. The molecule has 2 saturated heterocycles. The third-order valence-electron chi connectivity index (χ3n) is 5.42. The van der Waals surface area contributed by atoms with Gasteiger partial charge < -0.3 is 9.84 Å². The minimum Gasteiger partial charge on any atom is -0.385 e. The maximum Gasteiger partial charge on any atom is 0.167 e. The number of ether oxygens (including phenoxy) is 1. The predicted octanol–water partition coefficient (Wildman–Crippen LogP) is 3.35. The smallest absolute Gasteiger partial charge is 0.167 e. The van der Waals surface area contributed by atoms with E-state index < -0.39 is 28.6 Å². The summed E-state index contributed by atoms with van der Waals surface area (Å²) in [4.78, 5) is 2.21. The first kappa shape index (κ1) is 17.5. The molecule has 2 heterocycles. The molecule has 2 atom stereocenters. The first-order chi connectivity index (χ1) is 12.5. The van der Waals surface area contributed by atoms with Crippen LogP contribution in [-0.2, 0) is 16.9 Å². The third kappa shape index (κ3) is 3.02. The minimum absolute atomic E-state index is 0.0909. The van der Waals surface area contributed by atoms with Gasteiger partial charge in [-0.15, -0.1) is 0 Å². The number of fused-ring (bicyclic) bond motifs is 2. The lowest BCUT2D eigenvalue weighted by atomic mass is 9.76. The van der Waals surface area contributed by atoms with Crippen molar-refractivity contribution in [3.05, 3.63) is 71.0 Å². The number of hydrogen-bond acceptors (Lipinski definition) is 3.